The summed E-state index contributed by atoms with van der Waals surface area (Å²) in [7, 11) is 2.08. The van der Waals surface area contributed by atoms with Gasteiger partial charge in [0.1, 0.15) is 5.82 Å². The minimum atomic E-state index is -0.226. The summed E-state index contributed by atoms with van der Waals surface area (Å²) in [5.41, 5.74) is 3.25. The van der Waals surface area contributed by atoms with Crippen LogP contribution in [-0.4, -0.2) is 67.2 Å². The zero-order valence-corrected chi connectivity index (χ0v) is 22.2. The van der Waals surface area contributed by atoms with E-state index >= 15 is 0 Å². The third-order valence-corrected chi connectivity index (χ3v) is 7.83. The van der Waals surface area contributed by atoms with Gasteiger partial charge in [0.05, 0.1) is 12.2 Å². The highest BCUT2D eigenvalue weighted by Crippen LogP contribution is 2.28. The molecule has 0 spiro atoms. The van der Waals surface area contributed by atoms with Crippen molar-refractivity contribution in [3.05, 3.63) is 83.5 Å². The van der Waals surface area contributed by atoms with Gasteiger partial charge in [-0.2, -0.15) is 0 Å². The molecule has 7 nitrogen and oxygen atoms in total. The second kappa shape index (κ2) is 12.5. The molecule has 202 valence electrons. The predicted molar refractivity (Wildman–Crippen MR) is 146 cm³/mol. The van der Waals surface area contributed by atoms with Crippen molar-refractivity contribution in [2.45, 2.75) is 32.4 Å². The molecule has 0 radical (unpaired) electrons. The first-order chi connectivity index (χ1) is 18.5. The van der Waals surface area contributed by atoms with E-state index in [9.17, 15) is 9.18 Å². The Morgan fingerprint density at radius 1 is 1.05 bits per heavy atom. The van der Waals surface area contributed by atoms with E-state index in [1.165, 1.54) is 17.7 Å². The van der Waals surface area contributed by atoms with Crippen LogP contribution in [0, 0.1) is 17.7 Å². The Balaban J connectivity index is 1.11. The number of amides is 1. The Labute approximate surface area is 224 Å². The number of aromatic nitrogens is 1. The molecule has 0 aliphatic carbocycles. The summed E-state index contributed by atoms with van der Waals surface area (Å²) in [5, 5.41) is 7.87. The monoisotopic (exact) mass is 519 g/mol. The van der Waals surface area contributed by atoms with E-state index in [4.69, 9.17) is 4.52 Å². The van der Waals surface area contributed by atoms with E-state index in [1.54, 1.807) is 0 Å². The van der Waals surface area contributed by atoms with Crippen LogP contribution in [0.4, 0.5) is 10.1 Å². The van der Waals surface area contributed by atoms with Crippen LogP contribution in [0.5, 0.6) is 0 Å². The molecule has 1 amide bonds. The van der Waals surface area contributed by atoms with Crippen LogP contribution in [0.3, 0.4) is 0 Å². The number of nitrogens with zero attached hydrogens (tertiary/aromatic N) is 4. The molecule has 2 aliphatic heterocycles. The van der Waals surface area contributed by atoms with E-state index in [-0.39, 0.29) is 11.7 Å². The number of halogens is 1. The smallest absolute Gasteiger partial charge is 0.222 e. The zero-order valence-electron chi connectivity index (χ0n) is 22.2. The van der Waals surface area contributed by atoms with E-state index in [2.05, 4.69) is 57.7 Å². The number of piperidine rings is 1. The molecular weight excluding hydrogens is 481 g/mol. The van der Waals surface area contributed by atoms with E-state index in [1.807, 2.05) is 23.1 Å². The molecule has 2 saturated heterocycles. The molecule has 2 atom stereocenters. The summed E-state index contributed by atoms with van der Waals surface area (Å²) in [6.07, 6.45) is 2.39. The molecule has 1 N–H and O–H groups in total. The summed E-state index contributed by atoms with van der Waals surface area (Å²) in [6.45, 7) is 6.35. The first-order valence-corrected chi connectivity index (χ1v) is 13.7. The third-order valence-electron chi connectivity index (χ3n) is 7.83. The molecule has 2 aliphatic rings. The van der Waals surface area contributed by atoms with Crippen molar-refractivity contribution in [1.29, 1.82) is 0 Å². The second-order valence-corrected chi connectivity index (χ2v) is 10.7. The van der Waals surface area contributed by atoms with Crippen molar-refractivity contribution in [1.82, 2.24) is 20.3 Å². The molecule has 5 rings (SSSR count). The first kappa shape index (κ1) is 26.4. The van der Waals surface area contributed by atoms with E-state index in [0.717, 1.165) is 62.7 Å². The lowest BCUT2D eigenvalue weighted by atomic mass is 9.81. The van der Waals surface area contributed by atoms with Gasteiger partial charge in [-0.05, 0) is 74.6 Å². The number of piperazine rings is 1. The molecule has 2 aromatic carbocycles. The molecular formula is C30H38FN5O2. The minimum absolute atomic E-state index is 0.226. The Kier molecular flexibility index (Phi) is 8.71. The molecule has 3 aromatic rings. The summed E-state index contributed by atoms with van der Waals surface area (Å²) in [6, 6.07) is 19.1. The average Bonchev–Trinajstić information content (AvgIpc) is 3.37. The van der Waals surface area contributed by atoms with Crippen LogP contribution < -0.4 is 10.2 Å². The Bertz CT molecular complexity index is 1160. The SMILES string of the molecule is CN(Cc1ccccc1)Cc1cc(C[C@@H]2CNCC[C@H]2CC(=O)N2CCN(c3ccc(F)cc3)CC2)no1. The fourth-order valence-corrected chi connectivity index (χ4v) is 5.72. The highest BCUT2D eigenvalue weighted by atomic mass is 19.1. The second-order valence-electron chi connectivity index (χ2n) is 10.7. The van der Waals surface area contributed by atoms with Crippen LogP contribution in [-0.2, 0) is 24.3 Å². The maximum absolute atomic E-state index is 13.3. The largest absolute Gasteiger partial charge is 0.368 e. The van der Waals surface area contributed by atoms with Crippen molar-refractivity contribution in [2.75, 3.05) is 51.2 Å². The fraction of sp³-hybridized carbons (Fsp3) is 0.467. The highest BCUT2D eigenvalue weighted by Gasteiger charge is 2.31. The number of benzene rings is 2. The molecule has 0 unspecified atom stereocenters. The fourth-order valence-electron chi connectivity index (χ4n) is 5.72. The van der Waals surface area contributed by atoms with Crippen molar-refractivity contribution in [3.8, 4) is 0 Å². The molecule has 0 saturated carbocycles. The van der Waals surface area contributed by atoms with Gasteiger partial charge in [0, 0.05) is 50.9 Å². The summed E-state index contributed by atoms with van der Waals surface area (Å²) < 4.78 is 18.9. The van der Waals surface area contributed by atoms with Gasteiger partial charge in [0.25, 0.3) is 0 Å². The minimum Gasteiger partial charge on any atom is -0.368 e. The Hall–Kier alpha value is -3.23. The van der Waals surface area contributed by atoms with Gasteiger partial charge in [0.15, 0.2) is 5.76 Å². The Morgan fingerprint density at radius 2 is 1.82 bits per heavy atom. The number of anilines is 1. The van der Waals surface area contributed by atoms with Crippen LogP contribution in [0.2, 0.25) is 0 Å². The van der Waals surface area contributed by atoms with Gasteiger partial charge in [0.2, 0.25) is 5.91 Å². The topological polar surface area (TPSA) is 64.9 Å². The van der Waals surface area contributed by atoms with Gasteiger partial charge in [-0.15, -0.1) is 0 Å². The zero-order chi connectivity index (χ0) is 26.3. The highest BCUT2D eigenvalue weighted by molar-refractivity contribution is 5.77. The van der Waals surface area contributed by atoms with Crippen LogP contribution in [0.1, 0.15) is 29.9 Å². The Morgan fingerprint density at radius 3 is 2.58 bits per heavy atom. The number of nitrogens with one attached hydrogen (secondary N) is 1. The molecule has 2 fully saturated rings. The van der Waals surface area contributed by atoms with Gasteiger partial charge in [-0.1, -0.05) is 35.5 Å². The quantitative estimate of drug-likeness (QED) is 0.462. The van der Waals surface area contributed by atoms with Crippen LogP contribution in [0.25, 0.3) is 0 Å². The van der Waals surface area contributed by atoms with Crippen molar-refractivity contribution < 1.29 is 13.7 Å². The molecule has 8 heteroatoms. The van der Waals surface area contributed by atoms with Crippen molar-refractivity contribution in [2.24, 2.45) is 11.8 Å². The van der Waals surface area contributed by atoms with E-state index in [0.29, 0.717) is 37.9 Å². The number of carbonyl (C=O) groups excluding carboxylic acids is 1. The number of rotatable bonds is 9. The van der Waals surface area contributed by atoms with Crippen molar-refractivity contribution >= 4 is 11.6 Å². The molecule has 0 bridgehead atoms. The maximum atomic E-state index is 13.3. The number of hydrogen-bond donors (Lipinski definition) is 1. The third kappa shape index (κ3) is 6.99. The van der Waals surface area contributed by atoms with E-state index < -0.39 is 0 Å². The normalized spacial score (nSPS) is 20.2. The molecule has 3 heterocycles. The first-order valence-electron chi connectivity index (χ1n) is 13.7. The summed E-state index contributed by atoms with van der Waals surface area (Å²) in [5.74, 6) is 1.57. The summed E-state index contributed by atoms with van der Waals surface area (Å²) >= 11 is 0. The maximum Gasteiger partial charge on any atom is 0.222 e. The van der Waals surface area contributed by atoms with Crippen molar-refractivity contribution in [3.63, 3.8) is 0 Å². The molecule has 1 aromatic heterocycles. The lowest BCUT2D eigenvalue weighted by Crippen LogP contribution is -2.50. The number of hydrogen-bond acceptors (Lipinski definition) is 6. The van der Waals surface area contributed by atoms with Gasteiger partial charge >= 0.3 is 0 Å². The van der Waals surface area contributed by atoms with Gasteiger partial charge in [-0.25, -0.2) is 4.39 Å². The van der Waals surface area contributed by atoms with Crippen LogP contribution >= 0.6 is 0 Å². The van der Waals surface area contributed by atoms with Gasteiger partial charge in [-0.3, -0.25) is 9.69 Å². The van der Waals surface area contributed by atoms with Gasteiger partial charge < -0.3 is 19.6 Å². The lowest BCUT2D eigenvalue weighted by Gasteiger charge is -2.38. The van der Waals surface area contributed by atoms with Crippen LogP contribution in [0.15, 0.2) is 65.2 Å². The summed E-state index contributed by atoms with van der Waals surface area (Å²) in [4.78, 5) is 19.7. The standard InChI is InChI=1S/C30H38FN5O2/c1-34(21-23-5-3-2-4-6-23)22-29-19-27(33-38-29)17-25-20-32-12-11-24(25)18-30(37)36-15-13-35(14-16-36)28-9-7-26(31)8-10-28/h2-10,19,24-25,32H,11-18,20-22H2,1H3/t24-,25+/m0/s1. The predicted octanol–water partition coefficient (Wildman–Crippen LogP) is 3.95. The number of carbonyl (C=O) groups is 1. The average molecular weight is 520 g/mol. The molecule has 38 heavy (non-hydrogen) atoms. The lowest BCUT2D eigenvalue weighted by molar-refractivity contribution is -0.133.